The fraction of sp³-hybridized carbons (Fsp3) is 0.971. The maximum Gasteiger partial charge on any atom is 0.309 e. The summed E-state index contributed by atoms with van der Waals surface area (Å²) < 4.78 is 0. The van der Waals surface area contributed by atoms with Gasteiger partial charge in [-0.15, -0.1) is 0 Å². The Morgan fingerprint density at radius 2 is 0.833 bits per heavy atom. The van der Waals surface area contributed by atoms with Crippen molar-refractivity contribution < 1.29 is 9.90 Å². The molecule has 0 spiro atoms. The lowest BCUT2D eigenvalue weighted by molar-refractivity contribution is -0.149. The van der Waals surface area contributed by atoms with Crippen LogP contribution in [-0.4, -0.2) is 11.1 Å². The summed E-state index contributed by atoms with van der Waals surface area (Å²) in [5.74, 6) is 0.0328. The SMILES string of the molecule is CCCCCCCCCCCCCC(CCCCCCCCCCC)CC(C)(CCCCC)C(=O)O. The number of hydrogen-bond donors (Lipinski definition) is 1. The second kappa shape index (κ2) is 26.1. The fourth-order valence-electron chi connectivity index (χ4n) is 5.89. The first-order valence-corrected chi connectivity index (χ1v) is 16.7. The van der Waals surface area contributed by atoms with Gasteiger partial charge >= 0.3 is 5.97 Å². The predicted molar refractivity (Wildman–Crippen MR) is 161 cm³/mol. The van der Waals surface area contributed by atoms with Crippen LogP contribution in [0.5, 0.6) is 0 Å². The number of rotatable bonds is 29. The first-order chi connectivity index (χ1) is 17.5. The molecule has 2 atom stereocenters. The summed E-state index contributed by atoms with van der Waals surface area (Å²) in [6.07, 6.45) is 35.1. The molecule has 0 aromatic carbocycles. The fourth-order valence-corrected chi connectivity index (χ4v) is 5.89. The molecule has 0 saturated heterocycles. The topological polar surface area (TPSA) is 37.3 Å². The van der Waals surface area contributed by atoms with E-state index in [4.69, 9.17) is 0 Å². The molecule has 0 aliphatic heterocycles. The second-order valence-corrected chi connectivity index (χ2v) is 12.3. The Morgan fingerprint density at radius 3 is 1.17 bits per heavy atom. The first kappa shape index (κ1) is 35.5. The van der Waals surface area contributed by atoms with E-state index < -0.39 is 11.4 Å². The van der Waals surface area contributed by atoms with Gasteiger partial charge < -0.3 is 5.11 Å². The molecule has 0 aliphatic carbocycles. The third-order valence-corrected chi connectivity index (χ3v) is 8.52. The van der Waals surface area contributed by atoms with E-state index in [1.807, 2.05) is 6.92 Å². The zero-order valence-corrected chi connectivity index (χ0v) is 25.5. The molecule has 0 amide bonds. The molecular formula is C34H68O2. The zero-order valence-electron chi connectivity index (χ0n) is 25.5. The van der Waals surface area contributed by atoms with Gasteiger partial charge in [-0.05, 0) is 25.7 Å². The summed E-state index contributed by atoms with van der Waals surface area (Å²) in [4.78, 5) is 12.2. The Hall–Kier alpha value is -0.530. The van der Waals surface area contributed by atoms with Crippen LogP contribution in [0.1, 0.15) is 201 Å². The van der Waals surface area contributed by atoms with Crippen LogP contribution in [0.2, 0.25) is 0 Å². The van der Waals surface area contributed by atoms with E-state index in [2.05, 4.69) is 20.8 Å². The Labute approximate surface area is 228 Å². The number of unbranched alkanes of at least 4 members (excludes halogenated alkanes) is 20. The highest BCUT2D eigenvalue weighted by Gasteiger charge is 2.34. The smallest absolute Gasteiger partial charge is 0.309 e. The summed E-state index contributed by atoms with van der Waals surface area (Å²) in [6, 6.07) is 0. The van der Waals surface area contributed by atoms with Crippen LogP contribution in [0.4, 0.5) is 0 Å². The Morgan fingerprint density at radius 1 is 0.528 bits per heavy atom. The third kappa shape index (κ3) is 21.5. The largest absolute Gasteiger partial charge is 0.481 e. The highest BCUT2D eigenvalue weighted by Crippen LogP contribution is 2.36. The minimum absolute atomic E-state index is 0.531. The van der Waals surface area contributed by atoms with E-state index in [1.165, 1.54) is 141 Å². The molecule has 0 aromatic heterocycles. The molecule has 0 fully saturated rings. The van der Waals surface area contributed by atoms with Gasteiger partial charge in [0.15, 0.2) is 0 Å². The van der Waals surface area contributed by atoms with E-state index >= 15 is 0 Å². The van der Waals surface area contributed by atoms with Crippen LogP contribution >= 0.6 is 0 Å². The van der Waals surface area contributed by atoms with Gasteiger partial charge in [0.05, 0.1) is 5.41 Å². The van der Waals surface area contributed by atoms with Crippen molar-refractivity contribution in [1.82, 2.24) is 0 Å². The number of carboxylic acids is 1. The quantitative estimate of drug-likeness (QED) is 0.102. The Balaban J connectivity index is 4.35. The molecule has 0 aromatic rings. The van der Waals surface area contributed by atoms with E-state index in [0.29, 0.717) is 5.92 Å². The summed E-state index contributed by atoms with van der Waals surface area (Å²) in [6.45, 7) is 8.81. The number of carboxylic acid groups (broad SMARTS) is 1. The van der Waals surface area contributed by atoms with Crippen LogP contribution in [-0.2, 0) is 4.79 Å². The molecule has 0 aliphatic rings. The molecule has 2 unspecified atom stereocenters. The van der Waals surface area contributed by atoms with Gasteiger partial charge in [-0.2, -0.15) is 0 Å². The number of aliphatic carboxylic acids is 1. The summed E-state index contributed by atoms with van der Waals surface area (Å²) >= 11 is 0. The third-order valence-electron chi connectivity index (χ3n) is 8.52. The lowest BCUT2D eigenvalue weighted by Gasteiger charge is -2.30. The van der Waals surface area contributed by atoms with Crippen LogP contribution in [0, 0.1) is 11.3 Å². The van der Waals surface area contributed by atoms with Crippen LogP contribution in [0.15, 0.2) is 0 Å². The average molecular weight is 509 g/mol. The lowest BCUT2D eigenvalue weighted by atomic mass is 9.74. The van der Waals surface area contributed by atoms with E-state index in [1.54, 1.807) is 0 Å². The molecule has 0 radical (unpaired) electrons. The van der Waals surface area contributed by atoms with Crippen LogP contribution < -0.4 is 0 Å². The van der Waals surface area contributed by atoms with Crippen LogP contribution in [0.25, 0.3) is 0 Å². The van der Waals surface area contributed by atoms with E-state index in [0.717, 1.165) is 32.1 Å². The van der Waals surface area contributed by atoms with Gasteiger partial charge in [-0.25, -0.2) is 0 Å². The molecule has 0 heterocycles. The lowest BCUT2D eigenvalue weighted by Crippen LogP contribution is -2.30. The molecule has 1 N–H and O–H groups in total. The van der Waals surface area contributed by atoms with Gasteiger partial charge in [0.1, 0.15) is 0 Å². The minimum atomic E-state index is -0.561. The highest BCUT2D eigenvalue weighted by molar-refractivity contribution is 5.74. The van der Waals surface area contributed by atoms with E-state index in [9.17, 15) is 9.90 Å². The standard InChI is InChI=1S/C34H68O2/c1-5-8-11-13-15-17-18-20-22-24-26-29-32(28-25-23-21-19-16-14-12-9-6-2)31-34(4,33(35)36)30-27-10-7-3/h32H,5-31H2,1-4H3,(H,35,36). The number of hydrogen-bond acceptors (Lipinski definition) is 1. The molecule has 36 heavy (non-hydrogen) atoms. The van der Waals surface area contributed by atoms with Crippen molar-refractivity contribution in [2.75, 3.05) is 0 Å². The van der Waals surface area contributed by atoms with Crippen molar-refractivity contribution in [2.24, 2.45) is 11.3 Å². The summed E-state index contributed by atoms with van der Waals surface area (Å²) in [7, 11) is 0. The summed E-state index contributed by atoms with van der Waals surface area (Å²) in [5.41, 5.74) is -0.531. The maximum absolute atomic E-state index is 12.2. The molecule has 0 bridgehead atoms. The number of carbonyl (C=O) groups is 1. The molecule has 216 valence electrons. The van der Waals surface area contributed by atoms with Crippen molar-refractivity contribution >= 4 is 5.97 Å². The Bertz CT molecular complexity index is 460. The molecule has 2 nitrogen and oxygen atoms in total. The van der Waals surface area contributed by atoms with Crippen molar-refractivity contribution in [3.63, 3.8) is 0 Å². The zero-order chi connectivity index (χ0) is 26.7. The van der Waals surface area contributed by atoms with Crippen LogP contribution in [0.3, 0.4) is 0 Å². The van der Waals surface area contributed by atoms with Gasteiger partial charge in [0, 0.05) is 0 Å². The maximum atomic E-state index is 12.2. The normalized spacial score (nSPS) is 14.1. The van der Waals surface area contributed by atoms with E-state index in [-0.39, 0.29) is 0 Å². The minimum Gasteiger partial charge on any atom is -0.481 e. The van der Waals surface area contributed by atoms with Crippen molar-refractivity contribution in [2.45, 2.75) is 201 Å². The van der Waals surface area contributed by atoms with Crippen molar-refractivity contribution in [3.8, 4) is 0 Å². The van der Waals surface area contributed by atoms with Crippen molar-refractivity contribution in [1.29, 1.82) is 0 Å². The predicted octanol–water partition coefficient (Wildman–Crippen LogP) is 12.3. The van der Waals surface area contributed by atoms with Gasteiger partial charge in [-0.1, -0.05) is 181 Å². The van der Waals surface area contributed by atoms with Crippen molar-refractivity contribution in [3.05, 3.63) is 0 Å². The molecule has 0 saturated carbocycles. The molecule has 2 heteroatoms. The average Bonchev–Trinajstić information content (AvgIpc) is 2.86. The molecule has 0 rings (SSSR count). The first-order valence-electron chi connectivity index (χ1n) is 16.7. The Kier molecular flexibility index (Phi) is 25.7. The van der Waals surface area contributed by atoms with Gasteiger partial charge in [0.25, 0.3) is 0 Å². The molecular weight excluding hydrogens is 440 g/mol. The monoisotopic (exact) mass is 509 g/mol. The van der Waals surface area contributed by atoms with Gasteiger partial charge in [0.2, 0.25) is 0 Å². The second-order valence-electron chi connectivity index (χ2n) is 12.3. The summed E-state index contributed by atoms with van der Waals surface area (Å²) in [5, 5.41) is 10.1. The highest BCUT2D eigenvalue weighted by atomic mass is 16.4. The van der Waals surface area contributed by atoms with Gasteiger partial charge in [-0.3, -0.25) is 4.79 Å².